The minimum Gasteiger partial charge on any atom is -0.298 e. The fourth-order valence-electron chi connectivity index (χ4n) is 3.50. The molecule has 0 aliphatic carbocycles. The molecular weight excluding hydrogens is 304 g/mol. The predicted octanol–water partition coefficient (Wildman–Crippen LogP) is 5.77. The summed E-state index contributed by atoms with van der Waals surface area (Å²) >= 11 is 0. The Morgan fingerprint density at radius 2 is 1.20 bits per heavy atom. The van der Waals surface area contributed by atoms with Crippen molar-refractivity contribution in [2.45, 2.75) is 20.8 Å². The van der Waals surface area contributed by atoms with Crippen LogP contribution in [-0.4, -0.2) is 6.29 Å². The van der Waals surface area contributed by atoms with Crippen LogP contribution in [0.4, 0.5) is 0 Å². The zero-order valence-electron chi connectivity index (χ0n) is 14.9. The second-order valence-corrected chi connectivity index (χ2v) is 6.41. The highest BCUT2D eigenvalue weighted by atomic mass is 16.1. The van der Waals surface area contributed by atoms with E-state index in [9.17, 15) is 4.79 Å². The number of carbonyl (C=O) groups excluding carboxylic acids is 1. The van der Waals surface area contributed by atoms with Gasteiger partial charge in [-0.1, -0.05) is 78.4 Å². The van der Waals surface area contributed by atoms with Gasteiger partial charge in [0.2, 0.25) is 0 Å². The number of benzene rings is 3. The van der Waals surface area contributed by atoms with Crippen LogP contribution in [0.15, 0.2) is 72.8 Å². The lowest BCUT2D eigenvalue weighted by atomic mass is 9.85. The van der Waals surface area contributed by atoms with E-state index < -0.39 is 0 Å². The summed E-state index contributed by atoms with van der Waals surface area (Å²) in [5, 5.41) is 0. The monoisotopic (exact) mass is 326 g/mol. The second kappa shape index (κ2) is 7.31. The summed E-state index contributed by atoms with van der Waals surface area (Å²) in [7, 11) is 0. The molecule has 0 fully saturated rings. The first kappa shape index (κ1) is 16.9. The SMILES string of the molecule is Cc1cc(C)c(/C(=C(\C=O)c2ccccc2)c2ccccc2)c(C)c1. The summed E-state index contributed by atoms with van der Waals surface area (Å²) in [5.74, 6) is 0. The first-order valence-corrected chi connectivity index (χ1v) is 8.50. The van der Waals surface area contributed by atoms with Crippen molar-refractivity contribution in [3.8, 4) is 0 Å². The van der Waals surface area contributed by atoms with E-state index in [-0.39, 0.29) is 0 Å². The Labute approximate surface area is 149 Å². The maximum Gasteiger partial charge on any atom is 0.151 e. The lowest BCUT2D eigenvalue weighted by molar-refractivity contribution is -0.103. The van der Waals surface area contributed by atoms with Gasteiger partial charge in [-0.05, 0) is 48.6 Å². The smallest absolute Gasteiger partial charge is 0.151 e. The molecule has 1 heteroatoms. The van der Waals surface area contributed by atoms with Crippen molar-refractivity contribution in [3.05, 3.63) is 106 Å². The topological polar surface area (TPSA) is 17.1 Å². The zero-order valence-corrected chi connectivity index (χ0v) is 14.9. The van der Waals surface area contributed by atoms with Crippen LogP contribution >= 0.6 is 0 Å². The van der Waals surface area contributed by atoms with Crippen LogP contribution in [0.5, 0.6) is 0 Å². The molecule has 0 atom stereocenters. The number of carbonyl (C=O) groups is 1. The number of allylic oxidation sites excluding steroid dienone is 1. The van der Waals surface area contributed by atoms with Crippen molar-refractivity contribution < 1.29 is 4.79 Å². The van der Waals surface area contributed by atoms with Gasteiger partial charge in [-0.2, -0.15) is 0 Å². The van der Waals surface area contributed by atoms with Crippen LogP contribution in [0.3, 0.4) is 0 Å². The average molecular weight is 326 g/mol. The van der Waals surface area contributed by atoms with Crippen LogP contribution < -0.4 is 0 Å². The number of aldehydes is 1. The number of hydrogen-bond acceptors (Lipinski definition) is 1. The average Bonchev–Trinajstić information content (AvgIpc) is 2.62. The standard InChI is InChI=1S/C24H22O/c1-17-14-18(2)23(19(3)15-17)24(21-12-8-5-9-13-21)22(16-25)20-10-6-4-7-11-20/h4-16H,1-3H3/b24-22+. The van der Waals surface area contributed by atoms with Gasteiger partial charge in [0.25, 0.3) is 0 Å². The van der Waals surface area contributed by atoms with E-state index in [2.05, 4.69) is 45.0 Å². The van der Waals surface area contributed by atoms with Crippen molar-refractivity contribution in [1.82, 2.24) is 0 Å². The highest BCUT2D eigenvalue weighted by Gasteiger charge is 2.17. The predicted molar refractivity (Wildman–Crippen MR) is 106 cm³/mol. The van der Waals surface area contributed by atoms with Crippen LogP contribution in [-0.2, 0) is 4.79 Å². The number of rotatable bonds is 4. The van der Waals surface area contributed by atoms with Gasteiger partial charge in [0.15, 0.2) is 6.29 Å². The molecule has 0 aliphatic heterocycles. The molecule has 0 spiro atoms. The van der Waals surface area contributed by atoms with Crippen LogP contribution in [0.1, 0.15) is 33.4 Å². The van der Waals surface area contributed by atoms with Gasteiger partial charge in [0.05, 0.1) is 0 Å². The fraction of sp³-hybridized carbons (Fsp3) is 0.125. The zero-order chi connectivity index (χ0) is 17.8. The van der Waals surface area contributed by atoms with Gasteiger partial charge < -0.3 is 0 Å². The van der Waals surface area contributed by atoms with E-state index in [0.717, 1.165) is 34.1 Å². The molecule has 1 nitrogen and oxygen atoms in total. The maximum atomic E-state index is 12.1. The Morgan fingerprint density at radius 3 is 1.68 bits per heavy atom. The molecule has 124 valence electrons. The first-order chi connectivity index (χ1) is 12.1. The molecule has 0 saturated carbocycles. The summed E-state index contributed by atoms with van der Waals surface area (Å²) in [6.07, 6.45) is 0.983. The normalized spacial score (nSPS) is 11.8. The first-order valence-electron chi connectivity index (χ1n) is 8.50. The lowest BCUT2D eigenvalue weighted by Crippen LogP contribution is -2.01. The summed E-state index contributed by atoms with van der Waals surface area (Å²) in [6, 6.07) is 24.4. The number of hydrogen-bond donors (Lipinski definition) is 0. The maximum absolute atomic E-state index is 12.1. The molecule has 3 aromatic carbocycles. The van der Waals surface area contributed by atoms with Crippen LogP contribution in [0.2, 0.25) is 0 Å². The molecule has 3 aromatic rings. The number of aryl methyl sites for hydroxylation is 3. The third-order valence-electron chi connectivity index (χ3n) is 4.46. The highest BCUT2D eigenvalue weighted by Crippen LogP contribution is 2.35. The summed E-state index contributed by atoms with van der Waals surface area (Å²) in [4.78, 5) is 12.1. The molecule has 0 bridgehead atoms. The van der Waals surface area contributed by atoms with Gasteiger partial charge >= 0.3 is 0 Å². The van der Waals surface area contributed by atoms with Crippen molar-refractivity contribution in [2.24, 2.45) is 0 Å². The molecule has 0 amide bonds. The van der Waals surface area contributed by atoms with E-state index >= 15 is 0 Å². The molecule has 0 unspecified atom stereocenters. The molecule has 0 N–H and O–H groups in total. The molecule has 0 radical (unpaired) electrons. The second-order valence-electron chi connectivity index (χ2n) is 6.41. The van der Waals surface area contributed by atoms with E-state index in [1.165, 1.54) is 16.7 Å². The van der Waals surface area contributed by atoms with Crippen molar-refractivity contribution in [2.75, 3.05) is 0 Å². The quantitative estimate of drug-likeness (QED) is 0.338. The Morgan fingerprint density at radius 1 is 0.720 bits per heavy atom. The minimum absolute atomic E-state index is 0.724. The van der Waals surface area contributed by atoms with Gasteiger partial charge in [0, 0.05) is 11.1 Å². The van der Waals surface area contributed by atoms with Gasteiger partial charge in [-0.25, -0.2) is 0 Å². The van der Waals surface area contributed by atoms with Crippen LogP contribution in [0.25, 0.3) is 11.1 Å². The minimum atomic E-state index is 0.724. The molecule has 25 heavy (non-hydrogen) atoms. The molecule has 0 saturated heterocycles. The van der Waals surface area contributed by atoms with E-state index in [1.54, 1.807) is 0 Å². The molecule has 3 rings (SSSR count). The summed E-state index contributed by atoms with van der Waals surface area (Å²) in [6.45, 7) is 6.34. The largest absolute Gasteiger partial charge is 0.298 e. The Bertz CT molecular complexity index is 896. The van der Waals surface area contributed by atoms with Gasteiger partial charge in [-0.3, -0.25) is 4.79 Å². The Kier molecular flexibility index (Phi) is 4.95. The van der Waals surface area contributed by atoms with Crippen molar-refractivity contribution in [1.29, 1.82) is 0 Å². The third-order valence-corrected chi connectivity index (χ3v) is 4.46. The van der Waals surface area contributed by atoms with E-state index in [0.29, 0.717) is 0 Å². The van der Waals surface area contributed by atoms with E-state index in [1.807, 2.05) is 48.5 Å². The molecule has 0 heterocycles. The molecule has 0 aliphatic rings. The van der Waals surface area contributed by atoms with Crippen molar-refractivity contribution in [3.63, 3.8) is 0 Å². The summed E-state index contributed by atoms with van der Waals surface area (Å²) in [5.41, 5.74) is 8.47. The Hall–Kier alpha value is -2.93. The van der Waals surface area contributed by atoms with E-state index in [4.69, 9.17) is 0 Å². The molecule has 0 aromatic heterocycles. The highest BCUT2D eigenvalue weighted by molar-refractivity contribution is 6.20. The third kappa shape index (κ3) is 3.46. The summed E-state index contributed by atoms with van der Waals surface area (Å²) < 4.78 is 0. The van der Waals surface area contributed by atoms with Gasteiger partial charge in [-0.15, -0.1) is 0 Å². The van der Waals surface area contributed by atoms with Gasteiger partial charge in [0.1, 0.15) is 0 Å². The Balaban J connectivity index is 2.40. The lowest BCUT2D eigenvalue weighted by Gasteiger charge is -2.18. The van der Waals surface area contributed by atoms with Crippen LogP contribution in [0, 0.1) is 20.8 Å². The molecular formula is C24H22O. The van der Waals surface area contributed by atoms with Crippen molar-refractivity contribution >= 4 is 17.4 Å². The fourth-order valence-corrected chi connectivity index (χ4v) is 3.50.